The Morgan fingerprint density at radius 2 is 1.92 bits per heavy atom. The van der Waals surface area contributed by atoms with Crippen molar-refractivity contribution in [1.29, 1.82) is 0 Å². The number of ether oxygens (including phenoxy) is 1. The summed E-state index contributed by atoms with van der Waals surface area (Å²) >= 11 is 0. The molecule has 1 amide bonds. The van der Waals surface area contributed by atoms with Crippen LogP contribution in [0.25, 0.3) is 0 Å². The van der Waals surface area contributed by atoms with E-state index in [4.69, 9.17) is 4.74 Å². The Hall–Kier alpha value is -2.56. The summed E-state index contributed by atoms with van der Waals surface area (Å²) in [4.78, 5) is 12.2. The second kappa shape index (κ2) is 8.34. The predicted octanol–water partition coefficient (Wildman–Crippen LogP) is 3.30. The molecule has 0 heterocycles. The highest BCUT2D eigenvalue weighted by Gasteiger charge is 2.14. The average Bonchev–Trinajstić information content (AvgIpc) is 2.56. The number of hydrogen-bond acceptors (Lipinski definition) is 3. The molecular formula is C19H23FN2O2. The lowest BCUT2D eigenvalue weighted by Crippen LogP contribution is -2.38. The second-order valence-corrected chi connectivity index (χ2v) is 5.74. The van der Waals surface area contributed by atoms with E-state index in [2.05, 4.69) is 10.6 Å². The van der Waals surface area contributed by atoms with Crippen LogP contribution in [0.4, 0.5) is 10.1 Å². The summed E-state index contributed by atoms with van der Waals surface area (Å²) in [6.45, 7) is 4.29. The highest BCUT2D eigenvalue weighted by molar-refractivity contribution is 5.84. The van der Waals surface area contributed by atoms with Gasteiger partial charge in [0.15, 0.2) is 0 Å². The molecule has 0 spiro atoms. The highest BCUT2D eigenvalue weighted by Crippen LogP contribution is 2.25. The molecule has 5 heteroatoms. The molecule has 1 atom stereocenters. The lowest BCUT2D eigenvalue weighted by Gasteiger charge is -2.18. The van der Waals surface area contributed by atoms with Crippen molar-refractivity contribution in [2.24, 2.45) is 0 Å². The molecule has 0 aromatic heterocycles. The smallest absolute Gasteiger partial charge is 0.242 e. The molecule has 0 aliphatic heterocycles. The monoisotopic (exact) mass is 330 g/mol. The summed E-state index contributed by atoms with van der Waals surface area (Å²) in [5.74, 6) is 0.347. The molecule has 128 valence electrons. The number of amides is 1. The molecule has 2 aromatic carbocycles. The van der Waals surface area contributed by atoms with Gasteiger partial charge in [-0.1, -0.05) is 18.2 Å². The molecule has 2 N–H and O–H groups in total. The molecule has 0 saturated carbocycles. The Morgan fingerprint density at radius 1 is 1.21 bits per heavy atom. The van der Waals surface area contributed by atoms with E-state index in [1.807, 2.05) is 25.1 Å². The summed E-state index contributed by atoms with van der Waals surface area (Å²) in [6, 6.07) is 11.7. The zero-order chi connectivity index (χ0) is 17.5. The van der Waals surface area contributed by atoms with Crippen molar-refractivity contribution in [1.82, 2.24) is 5.32 Å². The van der Waals surface area contributed by atoms with Crippen LogP contribution in [0.15, 0.2) is 42.5 Å². The van der Waals surface area contributed by atoms with Crippen LogP contribution < -0.4 is 15.4 Å². The van der Waals surface area contributed by atoms with Gasteiger partial charge >= 0.3 is 0 Å². The van der Waals surface area contributed by atoms with Gasteiger partial charge in [0.1, 0.15) is 17.6 Å². The van der Waals surface area contributed by atoms with E-state index in [-0.39, 0.29) is 11.7 Å². The van der Waals surface area contributed by atoms with Crippen molar-refractivity contribution in [3.63, 3.8) is 0 Å². The fraction of sp³-hybridized carbons (Fsp3) is 0.316. The van der Waals surface area contributed by atoms with Crippen molar-refractivity contribution in [2.75, 3.05) is 19.0 Å². The van der Waals surface area contributed by atoms with Gasteiger partial charge in [-0.25, -0.2) is 4.39 Å². The highest BCUT2D eigenvalue weighted by atomic mass is 19.1. The summed E-state index contributed by atoms with van der Waals surface area (Å²) < 4.78 is 18.2. The number of halogens is 1. The van der Waals surface area contributed by atoms with Gasteiger partial charge in [0.05, 0.1) is 12.8 Å². The Morgan fingerprint density at radius 3 is 2.58 bits per heavy atom. The lowest BCUT2D eigenvalue weighted by molar-refractivity contribution is -0.121. The van der Waals surface area contributed by atoms with Crippen LogP contribution in [0, 0.1) is 12.7 Å². The van der Waals surface area contributed by atoms with Crippen LogP contribution >= 0.6 is 0 Å². The maximum absolute atomic E-state index is 12.9. The van der Waals surface area contributed by atoms with Gasteiger partial charge < -0.3 is 15.4 Å². The zero-order valence-electron chi connectivity index (χ0n) is 14.2. The Labute approximate surface area is 142 Å². The fourth-order valence-electron chi connectivity index (χ4n) is 2.37. The maximum atomic E-state index is 12.9. The van der Waals surface area contributed by atoms with Crippen LogP contribution in [0.2, 0.25) is 0 Å². The molecular weight excluding hydrogens is 307 g/mol. The topological polar surface area (TPSA) is 50.4 Å². The molecule has 24 heavy (non-hydrogen) atoms. The number of hydrogen-bond donors (Lipinski definition) is 2. The number of carbonyl (C=O) groups is 1. The van der Waals surface area contributed by atoms with Crippen LogP contribution in [0.5, 0.6) is 5.75 Å². The number of carbonyl (C=O) groups excluding carboxylic acids is 1. The van der Waals surface area contributed by atoms with Crippen LogP contribution in [-0.2, 0) is 11.2 Å². The zero-order valence-corrected chi connectivity index (χ0v) is 14.2. The molecule has 0 aliphatic carbocycles. The second-order valence-electron chi connectivity index (χ2n) is 5.74. The molecule has 0 aliphatic rings. The summed E-state index contributed by atoms with van der Waals surface area (Å²) in [7, 11) is 1.60. The predicted molar refractivity (Wildman–Crippen MR) is 93.9 cm³/mol. The summed E-state index contributed by atoms with van der Waals surface area (Å²) in [5.41, 5.74) is 2.86. The van der Waals surface area contributed by atoms with Crippen molar-refractivity contribution >= 4 is 11.6 Å². The first-order valence-corrected chi connectivity index (χ1v) is 7.93. The maximum Gasteiger partial charge on any atom is 0.242 e. The third-order valence-corrected chi connectivity index (χ3v) is 3.75. The minimum Gasteiger partial charge on any atom is -0.495 e. The van der Waals surface area contributed by atoms with Crippen LogP contribution in [-0.4, -0.2) is 25.6 Å². The molecule has 4 nitrogen and oxygen atoms in total. The van der Waals surface area contributed by atoms with E-state index >= 15 is 0 Å². The number of benzene rings is 2. The molecule has 0 fully saturated rings. The standard InChI is InChI=1S/C19H23FN2O2/c1-13-4-9-18(24-3)17(12-13)22-14(2)19(23)21-11-10-15-5-7-16(20)8-6-15/h4-9,12,14,22H,10-11H2,1-3H3,(H,21,23)/t14-/m0/s1. The SMILES string of the molecule is COc1ccc(C)cc1N[C@@H](C)C(=O)NCCc1ccc(F)cc1. The Balaban J connectivity index is 1.86. The third kappa shape index (κ3) is 4.98. The van der Waals surface area contributed by atoms with Crippen molar-refractivity contribution < 1.29 is 13.9 Å². The minimum atomic E-state index is -0.395. The summed E-state index contributed by atoms with van der Waals surface area (Å²) in [5, 5.41) is 6.05. The first-order valence-electron chi connectivity index (χ1n) is 7.93. The Kier molecular flexibility index (Phi) is 6.18. The normalized spacial score (nSPS) is 11.7. The minimum absolute atomic E-state index is 0.0966. The van der Waals surface area contributed by atoms with Crippen LogP contribution in [0.3, 0.4) is 0 Å². The molecule has 2 aromatic rings. The van der Waals surface area contributed by atoms with E-state index in [0.717, 1.165) is 16.8 Å². The molecule has 0 saturated heterocycles. The number of anilines is 1. The third-order valence-electron chi connectivity index (χ3n) is 3.75. The van der Waals surface area contributed by atoms with E-state index in [1.165, 1.54) is 12.1 Å². The van der Waals surface area contributed by atoms with Crippen LogP contribution in [0.1, 0.15) is 18.1 Å². The van der Waals surface area contributed by atoms with Crippen molar-refractivity contribution in [3.05, 3.63) is 59.4 Å². The largest absolute Gasteiger partial charge is 0.495 e. The lowest BCUT2D eigenvalue weighted by atomic mass is 10.1. The molecule has 2 rings (SSSR count). The first-order chi connectivity index (χ1) is 11.5. The Bertz CT molecular complexity index is 686. The van der Waals surface area contributed by atoms with E-state index in [9.17, 15) is 9.18 Å². The van der Waals surface area contributed by atoms with Crippen molar-refractivity contribution in [2.45, 2.75) is 26.3 Å². The van der Waals surface area contributed by atoms with Gasteiger partial charge in [0.25, 0.3) is 0 Å². The molecule has 0 bridgehead atoms. The average molecular weight is 330 g/mol. The molecule has 0 unspecified atom stereocenters. The van der Waals surface area contributed by atoms with Gasteiger partial charge in [-0.2, -0.15) is 0 Å². The van der Waals surface area contributed by atoms with E-state index in [0.29, 0.717) is 18.7 Å². The molecule has 0 radical (unpaired) electrons. The first kappa shape index (κ1) is 17.8. The van der Waals surface area contributed by atoms with Gasteiger partial charge in [-0.05, 0) is 55.7 Å². The number of methoxy groups -OCH3 is 1. The number of rotatable bonds is 7. The van der Waals surface area contributed by atoms with Gasteiger partial charge in [0.2, 0.25) is 5.91 Å². The van der Waals surface area contributed by atoms with Gasteiger partial charge in [0, 0.05) is 6.54 Å². The van der Waals surface area contributed by atoms with Gasteiger partial charge in [-0.15, -0.1) is 0 Å². The number of aryl methyl sites for hydroxylation is 1. The van der Waals surface area contributed by atoms with Crippen molar-refractivity contribution in [3.8, 4) is 5.75 Å². The van der Waals surface area contributed by atoms with E-state index in [1.54, 1.807) is 26.2 Å². The van der Waals surface area contributed by atoms with E-state index < -0.39 is 6.04 Å². The summed E-state index contributed by atoms with van der Waals surface area (Å²) in [6.07, 6.45) is 0.659. The van der Waals surface area contributed by atoms with Gasteiger partial charge in [-0.3, -0.25) is 4.79 Å². The fourth-order valence-corrected chi connectivity index (χ4v) is 2.37. The number of nitrogens with one attached hydrogen (secondary N) is 2. The quantitative estimate of drug-likeness (QED) is 0.819.